The fraction of sp³-hybridized carbons (Fsp3) is 0.500. The average Bonchev–Trinajstić information content (AvgIpc) is 2.77. The van der Waals surface area contributed by atoms with Crippen LogP contribution in [0.5, 0.6) is 0 Å². The number of benzene rings is 1. The van der Waals surface area contributed by atoms with Gasteiger partial charge in [0.15, 0.2) is 0 Å². The molecule has 0 amide bonds. The van der Waals surface area contributed by atoms with Crippen LogP contribution in [0.15, 0.2) is 23.1 Å². The summed E-state index contributed by atoms with van der Waals surface area (Å²) < 4.78 is 26.3. The van der Waals surface area contributed by atoms with Crippen LogP contribution in [0.3, 0.4) is 0 Å². The molecule has 0 radical (unpaired) electrons. The van der Waals surface area contributed by atoms with Gasteiger partial charge in [-0.15, -0.1) is 0 Å². The van der Waals surface area contributed by atoms with Gasteiger partial charge in [-0.3, -0.25) is 0 Å². The van der Waals surface area contributed by atoms with Crippen LogP contribution in [-0.4, -0.2) is 25.8 Å². The van der Waals surface area contributed by atoms with E-state index in [2.05, 4.69) is 6.92 Å². The highest BCUT2D eigenvalue weighted by Gasteiger charge is 2.30. The van der Waals surface area contributed by atoms with Gasteiger partial charge in [0.1, 0.15) is 0 Å². The average molecular weight is 289 g/mol. The van der Waals surface area contributed by atoms with Crippen LogP contribution in [0.2, 0.25) is 5.02 Å². The van der Waals surface area contributed by atoms with E-state index in [0.717, 1.165) is 6.42 Å². The maximum absolute atomic E-state index is 12.4. The van der Waals surface area contributed by atoms with Crippen LogP contribution in [0.25, 0.3) is 0 Å². The SMILES string of the molecule is CC1CCN(S(=O)(=O)c2ccc(Cl)c(CN)c2)C1. The minimum absolute atomic E-state index is 0.235. The zero-order chi connectivity index (χ0) is 13.3. The summed E-state index contributed by atoms with van der Waals surface area (Å²) in [6.07, 6.45) is 0.913. The molecule has 1 aromatic rings. The van der Waals surface area contributed by atoms with E-state index in [0.29, 0.717) is 29.6 Å². The molecule has 0 aromatic heterocycles. The highest BCUT2D eigenvalue weighted by molar-refractivity contribution is 7.89. The Bertz CT molecular complexity index is 545. The Morgan fingerprint density at radius 3 is 2.78 bits per heavy atom. The molecule has 0 aliphatic carbocycles. The third-order valence-electron chi connectivity index (χ3n) is 3.26. The number of sulfonamides is 1. The molecular formula is C12H17ClN2O2S. The van der Waals surface area contributed by atoms with Crippen molar-refractivity contribution < 1.29 is 8.42 Å². The smallest absolute Gasteiger partial charge is 0.243 e. The number of nitrogens with two attached hydrogens (primary N) is 1. The molecule has 0 spiro atoms. The van der Waals surface area contributed by atoms with Crippen molar-refractivity contribution in [3.63, 3.8) is 0 Å². The molecule has 1 heterocycles. The molecule has 1 aliphatic rings. The Hall–Kier alpha value is -0.620. The maximum Gasteiger partial charge on any atom is 0.243 e. The lowest BCUT2D eigenvalue weighted by Gasteiger charge is -2.16. The normalized spacial score (nSPS) is 21.4. The van der Waals surface area contributed by atoms with Gasteiger partial charge in [0.25, 0.3) is 0 Å². The molecule has 6 heteroatoms. The topological polar surface area (TPSA) is 63.4 Å². The summed E-state index contributed by atoms with van der Waals surface area (Å²) in [6.45, 7) is 3.47. The molecule has 2 rings (SSSR count). The third-order valence-corrected chi connectivity index (χ3v) is 5.49. The van der Waals surface area contributed by atoms with Crippen molar-refractivity contribution in [1.29, 1.82) is 0 Å². The first-order chi connectivity index (χ1) is 8.45. The van der Waals surface area contributed by atoms with Crippen LogP contribution in [0.4, 0.5) is 0 Å². The standard InChI is InChI=1S/C12H17ClN2O2S/c1-9-4-5-15(8-9)18(16,17)11-2-3-12(13)10(6-11)7-14/h2-3,6,9H,4-5,7-8,14H2,1H3. The molecule has 1 unspecified atom stereocenters. The summed E-state index contributed by atoms with van der Waals surface area (Å²) in [5.41, 5.74) is 6.20. The molecular weight excluding hydrogens is 272 g/mol. The van der Waals surface area contributed by atoms with E-state index in [1.54, 1.807) is 18.2 Å². The van der Waals surface area contributed by atoms with Gasteiger partial charge >= 0.3 is 0 Å². The first-order valence-corrected chi connectivity index (χ1v) is 7.75. The van der Waals surface area contributed by atoms with E-state index in [1.807, 2.05) is 0 Å². The zero-order valence-corrected chi connectivity index (χ0v) is 11.8. The van der Waals surface area contributed by atoms with Crippen molar-refractivity contribution in [2.45, 2.75) is 24.8 Å². The lowest BCUT2D eigenvalue weighted by Crippen LogP contribution is -2.28. The monoisotopic (exact) mass is 288 g/mol. The van der Waals surface area contributed by atoms with E-state index in [4.69, 9.17) is 17.3 Å². The summed E-state index contributed by atoms with van der Waals surface area (Å²) >= 11 is 5.94. The number of rotatable bonds is 3. The summed E-state index contributed by atoms with van der Waals surface area (Å²) in [7, 11) is -3.40. The Balaban J connectivity index is 2.35. The van der Waals surface area contributed by atoms with Gasteiger partial charge in [0.2, 0.25) is 10.0 Å². The highest BCUT2D eigenvalue weighted by atomic mass is 35.5. The summed E-state index contributed by atoms with van der Waals surface area (Å²) in [5, 5.41) is 0.506. The van der Waals surface area contributed by atoms with Crippen molar-refractivity contribution in [1.82, 2.24) is 4.31 Å². The number of nitrogens with zero attached hydrogens (tertiary/aromatic N) is 1. The van der Waals surface area contributed by atoms with Gasteiger partial charge in [-0.05, 0) is 36.1 Å². The molecule has 1 aromatic carbocycles. The summed E-state index contributed by atoms with van der Waals surface area (Å²) in [6, 6.07) is 4.70. The largest absolute Gasteiger partial charge is 0.326 e. The fourth-order valence-corrected chi connectivity index (χ4v) is 3.95. The number of halogens is 1. The second kappa shape index (κ2) is 5.17. The zero-order valence-electron chi connectivity index (χ0n) is 10.3. The third kappa shape index (κ3) is 2.54. The molecule has 2 N–H and O–H groups in total. The number of hydrogen-bond acceptors (Lipinski definition) is 3. The van der Waals surface area contributed by atoms with E-state index in [-0.39, 0.29) is 11.4 Å². The Morgan fingerprint density at radius 1 is 1.50 bits per heavy atom. The molecule has 100 valence electrons. The Morgan fingerprint density at radius 2 is 2.22 bits per heavy atom. The van der Waals surface area contributed by atoms with Crippen molar-refractivity contribution in [3.8, 4) is 0 Å². The molecule has 0 saturated carbocycles. The Labute approximate surface area is 113 Å². The molecule has 1 aliphatic heterocycles. The van der Waals surface area contributed by atoms with Crippen molar-refractivity contribution in [2.75, 3.05) is 13.1 Å². The van der Waals surface area contributed by atoms with Crippen molar-refractivity contribution >= 4 is 21.6 Å². The lowest BCUT2D eigenvalue weighted by atomic mass is 10.2. The first kappa shape index (κ1) is 13.8. The van der Waals surface area contributed by atoms with Gasteiger partial charge in [-0.25, -0.2) is 8.42 Å². The van der Waals surface area contributed by atoms with Crippen molar-refractivity contribution in [2.24, 2.45) is 11.7 Å². The van der Waals surface area contributed by atoms with Gasteiger partial charge < -0.3 is 5.73 Å². The fourth-order valence-electron chi connectivity index (χ4n) is 2.13. The van der Waals surface area contributed by atoms with Crippen LogP contribution in [-0.2, 0) is 16.6 Å². The van der Waals surface area contributed by atoms with Crippen molar-refractivity contribution in [3.05, 3.63) is 28.8 Å². The van der Waals surface area contributed by atoms with Crippen LogP contribution in [0.1, 0.15) is 18.9 Å². The van der Waals surface area contributed by atoms with E-state index in [1.165, 1.54) is 4.31 Å². The van der Waals surface area contributed by atoms with Crippen LogP contribution >= 0.6 is 11.6 Å². The number of hydrogen-bond donors (Lipinski definition) is 1. The quantitative estimate of drug-likeness (QED) is 0.923. The van der Waals surface area contributed by atoms with E-state index < -0.39 is 10.0 Å². The van der Waals surface area contributed by atoms with Gasteiger partial charge in [-0.2, -0.15) is 4.31 Å². The van der Waals surface area contributed by atoms with Crippen LogP contribution in [0, 0.1) is 5.92 Å². The molecule has 0 bridgehead atoms. The molecule has 18 heavy (non-hydrogen) atoms. The maximum atomic E-state index is 12.4. The molecule has 4 nitrogen and oxygen atoms in total. The predicted molar refractivity (Wildman–Crippen MR) is 71.9 cm³/mol. The summed E-state index contributed by atoms with van der Waals surface area (Å²) in [5.74, 6) is 0.418. The van der Waals surface area contributed by atoms with E-state index in [9.17, 15) is 8.42 Å². The van der Waals surface area contributed by atoms with E-state index >= 15 is 0 Å². The first-order valence-electron chi connectivity index (χ1n) is 5.94. The minimum atomic E-state index is -3.40. The Kier molecular flexibility index (Phi) is 3.96. The predicted octanol–water partition coefficient (Wildman–Crippen LogP) is 1.83. The van der Waals surface area contributed by atoms with Gasteiger partial charge in [-0.1, -0.05) is 18.5 Å². The van der Waals surface area contributed by atoms with Crippen LogP contribution < -0.4 is 5.73 Å². The minimum Gasteiger partial charge on any atom is -0.326 e. The second-order valence-electron chi connectivity index (χ2n) is 4.71. The highest BCUT2D eigenvalue weighted by Crippen LogP contribution is 2.26. The van der Waals surface area contributed by atoms with Gasteiger partial charge in [0.05, 0.1) is 4.90 Å². The lowest BCUT2D eigenvalue weighted by molar-refractivity contribution is 0.464. The second-order valence-corrected chi connectivity index (χ2v) is 7.06. The molecule has 1 saturated heterocycles. The molecule has 1 fully saturated rings. The summed E-state index contributed by atoms with van der Waals surface area (Å²) in [4.78, 5) is 0.279. The molecule has 1 atom stereocenters. The van der Waals surface area contributed by atoms with Gasteiger partial charge in [0, 0.05) is 24.7 Å².